The molecule has 34 heavy (non-hydrogen) atoms. The molecule has 0 unspecified atom stereocenters. The van der Waals surface area contributed by atoms with Crippen molar-refractivity contribution in [1.29, 1.82) is 0 Å². The van der Waals surface area contributed by atoms with Crippen LogP contribution in [0.25, 0.3) is 0 Å². The number of hydrogen-bond donors (Lipinski definition) is 3. The normalized spacial score (nSPS) is 17.8. The number of carbonyl (C=O) groups excluding carboxylic acids is 1. The fourth-order valence-electron chi connectivity index (χ4n) is 4.43. The lowest BCUT2D eigenvalue weighted by molar-refractivity contribution is 0.0914. The minimum Gasteiger partial charge on any atom is -0.481 e. The Kier molecular flexibility index (Phi) is 7.59. The van der Waals surface area contributed by atoms with Crippen molar-refractivity contribution in [2.75, 3.05) is 6.61 Å². The fraction of sp³-hybridized carbons (Fsp3) is 0.346. The third-order valence-electron chi connectivity index (χ3n) is 6.25. The molecule has 1 aliphatic rings. The van der Waals surface area contributed by atoms with Crippen molar-refractivity contribution in [3.05, 3.63) is 98.3 Å². The highest BCUT2D eigenvalue weighted by Gasteiger charge is 2.27. The van der Waals surface area contributed by atoms with Gasteiger partial charge in [0, 0.05) is 6.04 Å². The molecule has 0 saturated heterocycles. The maximum absolute atomic E-state index is 13.1. The van der Waals surface area contributed by atoms with Crippen molar-refractivity contribution in [3.8, 4) is 5.75 Å². The second kappa shape index (κ2) is 11.0. The first kappa shape index (κ1) is 23.5. The largest absolute Gasteiger partial charge is 0.481 e. The average Bonchev–Trinajstić information content (AvgIpc) is 2.87. The van der Waals surface area contributed by atoms with Gasteiger partial charge in [0.2, 0.25) is 5.75 Å². The second-order valence-corrected chi connectivity index (χ2v) is 8.52. The zero-order valence-electron chi connectivity index (χ0n) is 18.9. The summed E-state index contributed by atoms with van der Waals surface area (Å²) in [5.41, 5.74) is 0.425. The predicted octanol–water partition coefficient (Wildman–Crippen LogP) is 2.56. The lowest BCUT2D eigenvalue weighted by Gasteiger charge is -2.29. The Hall–Kier alpha value is -3.65. The zero-order valence-corrected chi connectivity index (χ0v) is 18.9. The number of ether oxygens (including phenoxy) is 1. The summed E-state index contributed by atoms with van der Waals surface area (Å²) in [5.74, 6) is -0.315. The van der Waals surface area contributed by atoms with Crippen LogP contribution in [0, 0.1) is 0 Å². The Morgan fingerprint density at radius 3 is 2.29 bits per heavy atom. The molecule has 1 heterocycles. The van der Waals surface area contributed by atoms with Crippen molar-refractivity contribution in [1.82, 2.24) is 14.9 Å². The molecule has 2 aromatic carbocycles. The van der Waals surface area contributed by atoms with Gasteiger partial charge in [0.25, 0.3) is 11.5 Å². The number of rotatable bonds is 8. The van der Waals surface area contributed by atoms with Crippen LogP contribution in [0.1, 0.15) is 53.2 Å². The van der Waals surface area contributed by atoms with Gasteiger partial charge in [-0.15, -0.1) is 0 Å². The molecule has 0 spiro atoms. The second-order valence-electron chi connectivity index (χ2n) is 8.52. The van der Waals surface area contributed by atoms with Crippen LogP contribution in [0.5, 0.6) is 5.75 Å². The van der Waals surface area contributed by atoms with Crippen molar-refractivity contribution in [2.45, 2.75) is 50.8 Å². The van der Waals surface area contributed by atoms with E-state index in [1.54, 1.807) is 0 Å². The quantitative estimate of drug-likeness (QED) is 0.475. The molecular formula is C26H29N3O5. The topological polar surface area (TPSA) is 113 Å². The van der Waals surface area contributed by atoms with E-state index in [4.69, 9.17) is 4.74 Å². The zero-order chi connectivity index (χ0) is 23.9. The number of nitrogens with zero attached hydrogens (tertiary/aromatic N) is 1. The number of benzene rings is 2. The standard InChI is InChI=1S/C26H29N3O5/c30-16-15-29-25(32)23(34-17-18-7-3-1-4-8-18)22(28-26(29)33)24(31)27-21-13-11-20(12-14-21)19-9-5-2-6-10-19/h1-10,20-21,30H,11-17H2,(H,27,31)(H,28,33)/t20-,21+. The van der Waals surface area contributed by atoms with Gasteiger partial charge in [-0.3, -0.25) is 19.1 Å². The van der Waals surface area contributed by atoms with Crippen LogP contribution in [0.15, 0.2) is 70.3 Å². The third kappa shape index (κ3) is 5.46. The fourth-order valence-corrected chi connectivity index (χ4v) is 4.43. The third-order valence-corrected chi connectivity index (χ3v) is 6.25. The minimum atomic E-state index is -0.760. The van der Waals surface area contributed by atoms with Crippen LogP contribution in [0.3, 0.4) is 0 Å². The van der Waals surface area contributed by atoms with E-state index in [0.29, 0.717) is 5.92 Å². The number of aliphatic hydroxyl groups is 1. The predicted molar refractivity (Wildman–Crippen MR) is 128 cm³/mol. The van der Waals surface area contributed by atoms with Gasteiger partial charge in [0.05, 0.1) is 13.2 Å². The molecule has 1 aliphatic carbocycles. The summed E-state index contributed by atoms with van der Waals surface area (Å²) in [6, 6.07) is 19.5. The molecule has 1 saturated carbocycles. The van der Waals surface area contributed by atoms with Gasteiger partial charge in [0.1, 0.15) is 6.61 Å². The average molecular weight is 464 g/mol. The van der Waals surface area contributed by atoms with E-state index >= 15 is 0 Å². The molecule has 3 aromatic rings. The van der Waals surface area contributed by atoms with Crippen LogP contribution < -0.4 is 21.3 Å². The number of hydrogen-bond acceptors (Lipinski definition) is 5. The van der Waals surface area contributed by atoms with Crippen LogP contribution >= 0.6 is 0 Å². The van der Waals surface area contributed by atoms with Crippen molar-refractivity contribution in [3.63, 3.8) is 0 Å². The summed E-state index contributed by atoms with van der Waals surface area (Å²) in [4.78, 5) is 41.0. The van der Waals surface area contributed by atoms with Gasteiger partial charge in [-0.05, 0) is 42.7 Å². The van der Waals surface area contributed by atoms with Crippen molar-refractivity contribution in [2.24, 2.45) is 0 Å². The van der Waals surface area contributed by atoms with Gasteiger partial charge >= 0.3 is 5.69 Å². The number of amides is 1. The monoisotopic (exact) mass is 463 g/mol. The molecule has 0 bridgehead atoms. The maximum atomic E-state index is 13.1. The molecule has 8 nitrogen and oxygen atoms in total. The number of aromatic nitrogens is 2. The van der Waals surface area contributed by atoms with Gasteiger partial charge in [-0.1, -0.05) is 60.7 Å². The number of aromatic amines is 1. The Labute approximate surface area is 197 Å². The highest BCUT2D eigenvalue weighted by molar-refractivity contribution is 5.94. The van der Waals surface area contributed by atoms with E-state index < -0.39 is 23.8 Å². The molecular weight excluding hydrogens is 434 g/mol. The first-order valence-electron chi connectivity index (χ1n) is 11.6. The van der Waals surface area contributed by atoms with E-state index in [2.05, 4.69) is 22.4 Å². The molecule has 4 rings (SSSR count). The minimum absolute atomic E-state index is 0.0576. The summed E-state index contributed by atoms with van der Waals surface area (Å²) in [6.45, 7) is -0.526. The highest BCUT2D eigenvalue weighted by atomic mass is 16.5. The van der Waals surface area contributed by atoms with E-state index in [1.807, 2.05) is 48.5 Å². The smallest absolute Gasteiger partial charge is 0.329 e. The van der Waals surface area contributed by atoms with Gasteiger partial charge in [0.15, 0.2) is 5.69 Å². The number of H-pyrrole nitrogens is 1. The Morgan fingerprint density at radius 2 is 1.65 bits per heavy atom. The summed E-state index contributed by atoms with van der Waals surface area (Å²) in [5, 5.41) is 12.2. The summed E-state index contributed by atoms with van der Waals surface area (Å²) in [7, 11) is 0. The Morgan fingerprint density at radius 1 is 1.00 bits per heavy atom. The molecule has 0 aliphatic heterocycles. The number of carbonyl (C=O) groups is 1. The molecule has 178 valence electrons. The van der Waals surface area contributed by atoms with E-state index in [0.717, 1.165) is 35.8 Å². The van der Waals surface area contributed by atoms with Crippen molar-refractivity contribution >= 4 is 5.91 Å². The van der Waals surface area contributed by atoms with E-state index in [-0.39, 0.29) is 30.6 Å². The molecule has 0 atom stereocenters. The lowest BCUT2D eigenvalue weighted by Crippen LogP contribution is -2.43. The highest BCUT2D eigenvalue weighted by Crippen LogP contribution is 2.32. The molecule has 8 heteroatoms. The summed E-state index contributed by atoms with van der Waals surface area (Å²) in [6.07, 6.45) is 3.50. The number of aliphatic hydroxyl groups excluding tert-OH is 1. The van der Waals surface area contributed by atoms with Gasteiger partial charge in [-0.25, -0.2) is 4.79 Å². The SMILES string of the molecule is O=C(N[C@H]1CC[C@@H](c2ccccc2)CC1)c1[nH]c(=O)n(CCO)c(=O)c1OCc1ccccc1. The summed E-state index contributed by atoms with van der Waals surface area (Å²) < 4.78 is 6.57. The lowest BCUT2D eigenvalue weighted by atomic mass is 9.82. The Balaban J connectivity index is 1.51. The Bertz CT molecular complexity index is 1210. The molecule has 1 aromatic heterocycles. The van der Waals surface area contributed by atoms with Crippen LogP contribution in [0.2, 0.25) is 0 Å². The molecule has 1 amide bonds. The maximum Gasteiger partial charge on any atom is 0.329 e. The first-order valence-corrected chi connectivity index (χ1v) is 11.6. The van der Waals surface area contributed by atoms with Gasteiger partial charge < -0.3 is 15.2 Å². The van der Waals surface area contributed by atoms with E-state index in [1.165, 1.54) is 5.56 Å². The summed E-state index contributed by atoms with van der Waals surface area (Å²) >= 11 is 0. The van der Waals surface area contributed by atoms with Crippen LogP contribution in [-0.4, -0.2) is 33.2 Å². The van der Waals surface area contributed by atoms with E-state index in [9.17, 15) is 19.5 Å². The number of nitrogens with one attached hydrogen (secondary N) is 2. The first-order chi connectivity index (χ1) is 16.6. The van der Waals surface area contributed by atoms with Crippen molar-refractivity contribution < 1.29 is 14.6 Å². The van der Waals surface area contributed by atoms with Crippen LogP contribution in [0.4, 0.5) is 0 Å². The van der Waals surface area contributed by atoms with Crippen LogP contribution in [-0.2, 0) is 13.2 Å². The molecule has 3 N–H and O–H groups in total. The molecule has 1 fully saturated rings. The molecule has 0 radical (unpaired) electrons. The van der Waals surface area contributed by atoms with Gasteiger partial charge in [-0.2, -0.15) is 0 Å².